The maximum Gasteiger partial charge on any atom is 0.268 e. The largest absolute Gasteiger partial charge is 0.494 e. The van der Waals surface area contributed by atoms with Crippen LogP contribution in [0.25, 0.3) is 0 Å². The number of nitrogens with zero attached hydrogens (tertiary/aromatic N) is 1. The van der Waals surface area contributed by atoms with Crippen molar-refractivity contribution >= 4 is 5.91 Å². The maximum atomic E-state index is 12.1. The van der Waals surface area contributed by atoms with E-state index in [4.69, 9.17) is 4.74 Å². The van der Waals surface area contributed by atoms with Crippen molar-refractivity contribution in [1.29, 1.82) is 0 Å². The predicted molar refractivity (Wildman–Crippen MR) is 78.9 cm³/mol. The smallest absolute Gasteiger partial charge is 0.268 e. The van der Waals surface area contributed by atoms with Crippen LogP contribution in [0.1, 0.15) is 35.9 Å². The summed E-state index contributed by atoms with van der Waals surface area (Å²) in [5, 5.41) is 2.99. The average molecular weight is 272 g/mol. The summed E-state index contributed by atoms with van der Waals surface area (Å²) in [6, 6.07) is 11.4. The molecule has 1 amide bonds. The molecule has 1 aromatic heterocycles. The van der Waals surface area contributed by atoms with Gasteiger partial charge in [-0.25, -0.2) is 0 Å². The molecular formula is C16H20N2O2. The van der Waals surface area contributed by atoms with E-state index in [0.717, 1.165) is 11.3 Å². The molecule has 0 radical (unpaired) electrons. The molecule has 106 valence electrons. The third-order valence-corrected chi connectivity index (χ3v) is 3.22. The molecule has 0 aliphatic carbocycles. The number of ether oxygens (including phenoxy) is 1. The van der Waals surface area contributed by atoms with Crippen molar-refractivity contribution in [1.82, 2.24) is 9.88 Å². The van der Waals surface area contributed by atoms with Gasteiger partial charge in [0.15, 0.2) is 0 Å². The molecule has 4 nitrogen and oxygen atoms in total. The Bertz CT molecular complexity index is 572. The summed E-state index contributed by atoms with van der Waals surface area (Å²) in [5.41, 5.74) is 1.71. The van der Waals surface area contributed by atoms with Gasteiger partial charge in [-0.3, -0.25) is 4.79 Å². The van der Waals surface area contributed by atoms with Crippen LogP contribution in [0, 0.1) is 0 Å². The third-order valence-electron chi connectivity index (χ3n) is 3.22. The number of rotatable bonds is 5. The summed E-state index contributed by atoms with van der Waals surface area (Å²) in [7, 11) is 1.86. The molecule has 0 aliphatic heterocycles. The normalized spacial score (nSPS) is 11.9. The second kappa shape index (κ2) is 6.28. The molecule has 1 atom stereocenters. The molecule has 0 saturated heterocycles. The molecule has 2 aromatic rings. The minimum atomic E-state index is -0.0705. The highest BCUT2D eigenvalue weighted by atomic mass is 16.5. The lowest BCUT2D eigenvalue weighted by Crippen LogP contribution is -2.28. The number of amides is 1. The van der Waals surface area contributed by atoms with Crippen molar-refractivity contribution in [3.05, 3.63) is 53.9 Å². The number of carbonyl (C=O) groups is 1. The first kappa shape index (κ1) is 14.2. The van der Waals surface area contributed by atoms with Gasteiger partial charge in [0.1, 0.15) is 11.4 Å². The van der Waals surface area contributed by atoms with Crippen LogP contribution in [0.5, 0.6) is 5.75 Å². The van der Waals surface area contributed by atoms with Crippen LogP contribution in [0.3, 0.4) is 0 Å². The SMILES string of the molecule is CCOc1ccc(C(C)NC(=O)c2cccn2C)cc1. The van der Waals surface area contributed by atoms with E-state index in [1.807, 2.05) is 57.4 Å². The molecule has 0 aliphatic rings. The van der Waals surface area contributed by atoms with Gasteiger partial charge >= 0.3 is 0 Å². The highest BCUT2D eigenvalue weighted by Gasteiger charge is 2.13. The lowest BCUT2D eigenvalue weighted by atomic mass is 10.1. The number of aromatic nitrogens is 1. The lowest BCUT2D eigenvalue weighted by molar-refractivity contribution is 0.0931. The van der Waals surface area contributed by atoms with Gasteiger partial charge in [0.2, 0.25) is 0 Å². The fourth-order valence-electron chi connectivity index (χ4n) is 2.07. The van der Waals surface area contributed by atoms with Gasteiger partial charge in [-0.15, -0.1) is 0 Å². The Morgan fingerprint density at radius 2 is 2.00 bits per heavy atom. The van der Waals surface area contributed by atoms with E-state index in [9.17, 15) is 4.79 Å². The predicted octanol–water partition coefficient (Wildman–Crippen LogP) is 2.91. The van der Waals surface area contributed by atoms with E-state index in [1.54, 1.807) is 10.6 Å². The van der Waals surface area contributed by atoms with Gasteiger partial charge in [-0.2, -0.15) is 0 Å². The molecule has 1 unspecified atom stereocenters. The Labute approximate surface area is 119 Å². The Hall–Kier alpha value is -2.23. The van der Waals surface area contributed by atoms with E-state index >= 15 is 0 Å². The average Bonchev–Trinajstić information content (AvgIpc) is 2.86. The van der Waals surface area contributed by atoms with Gasteiger partial charge in [-0.1, -0.05) is 12.1 Å². The number of nitrogens with one attached hydrogen (secondary N) is 1. The maximum absolute atomic E-state index is 12.1. The van der Waals surface area contributed by atoms with E-state index in [0.29, 0.717) is 12.3 Å². The van der Waals surface area contributed by atoms with Crippen molar-refractivity contribution in [2.24, 2.45) is 7.05 Å². The third kappa shape index (κ3) is 3.20. The van der Waals surface area contributed by atoms with Crippen molar-refractivity contribution < 1.29 is 9.53 Å². The monoisotopic (exact) mass is 272 g/mol. The van der Waals surface area contributed by atoms with Crippen LogP contribution in [-0.4, -0.2) is 17.1 Å². The lowest BCUT2D eigenvalue weighted by Gasteiger charge is -2.15. The van der Waals surface area contributed by atoms with E-state index < -0.39 is 0 Å². The van der Waals surface area contributed by atoms with Crippen LogP contribution < -0.4 is 10.1 Å². The van der Waals surface area contributed by atoms with Crippen LogP contribution in [-0.2, 0) is 7.05 Å². The molecule has 1 N–H and O–H groups in total. The van der Waals surface area contributed by atoms with Crippen LogP contribution >= 0.6 is 0 Å². The molecule has 1 aromatic carbocycles. The van der Waals surface area contributed by atoms with Crippen molar-refractivity contribution in [2.45, 2.75) is 19.9 Å². The molecule has 0 bridgehead atoms. The molecule has 1 heterocycles. The van der Waals surface area contributed by atoms with Crippen molar-refractivity contribution in [3.8, 4) is 5.75 Å². The Morgan fingerprint density at radius 1 is 1.30 bits per heavy atom. The molecule has 20 heavy (non-hydrogen) atoms. The Morgan fingerprint density at radius 3 is 2.55 bits per heavy atom. The van der Waals surface area contributed by atoms with Gasteiger partial charge in [0.05, 0.1) is 12.6 Å². The van der Waals surface area contributed by atoms with Crippen LogP contribution in [0.2, 0.25) is 0 Å². The minimum absolute atomic E-state index is 0.0481. The quantitative estimate of drug-likeness (QED) is 0.909. The van der Waals surface area contributed by atoms with Gasteiger partial charge in [0.25, 0.3) is 5.91 Å². The van der Waals surface area contributed by atoms with Gasteiger partial charge < -0.3 is 14.6 Å². The molecule has 2 rings (SSSR count). The molecule has 0 spiro atoms. The molecular weight excluding hydrogens is 252 g/mol. The Balaban J connectivity index is 2.02. The summed E-state index contributed by atoms with van der Waals surface area (Å²) in [4.78, 5) is 12.1. The summed E-state index contributed by atoms with van der Waals surface area (Å²) in [6.07, 6.45) is 1.86. The second-order valence-electron chi connectivity index (χ2n) is 4.70. The number of benzene rings is 1. The zero-order valence-electron chi connectivity index (χ0n) is 12.1. The first-order valence-corrected chi connectivity index (χ1v) is 6.76. The Kier molecular flexibility index (Phi) is 4.45. The first-order valence-electron chi connectivity index (χ1n) is 6.76. The minimum Gasteiger partial charge on any atom is -0.494 e. The van der Waals surface area contributed by atoms with E-state index in [-0.39, 0.29) is 11.9 Å². The number of hydrogen-bond donors (Lipinski definition) is 1. The topological polar surface area (TPSA) is 43.3 Å². The van der Waals surface area contributed by atoms with E-state index in [2.05, 4.69) is 5.32 Å². The van der Waals surface area contributed by atoms with Crippen molar-refractivity contribution in [2.75, 3.05) is 6.61 Å². The highest BCUT2D eigenvalue weighted by Crippen LogP contribution is 2.18. The van der Waals surface area contributed by atoms with Gasteiger partial charge in [0, 0.05) is 13.2 Å². The fraction of sp³-hybridized carbons (Fsp3) is 0.312. The molecule has 4 heteroatoms. The van der Waals surface area contributed by atoms with Crippen LogP contribution in [0.4, 0.5) is 0 Å². The molecule has 0 fully saturated rings. The van der Waals surface area contributed by atoms with E-state index in [1.165, 1.54) is 0 Å². The van der Waals surface area contributed by atoms with Gasteiger partial charge in [-0.05, 0) is 43.7 Å². The van der Waals surface area contributed by atoms with Crippen molar-refractivity contribution in [3.63, 3.8) is 0 Å². The molecule has 0 saturated carbocycles. The zero-order chi connectivity index (χ0) is 14.5. The number of aryl methyl sites for hydroxylation is 1. The second-order valence-corrected chi connectivity index (χ2v) is 4.70. The van der Waals surface area contributed by atoms with Crippen LogP contribution in [0.15, 0.2) is 42.6 Å². The number of hydrogen-bond acceptors (Lipinski definition) is 2. The fourth-order valence-corrected chi connectivity index (χ4v) is 2.07. The summed E-state index contributed by atoms with van der Waals surface area (Å²) in [5.74, 6) is 0.774. The summed E-state index contributed by atoms with van der Waals surface area (Å²) < 4.78 is 7.21. The number of carbonyl (C=O) groups excluding carboxylic acids is 1. The summed E-state index contributed by atoms with van der Waals surface area (Å²) in [6.45, 7) is 4.58. The standard InChI is InChI=1S/C16H20N2O2/c1-4-20-14-9-7-13(8-10-14)12(2)17-16(19)15-6-5-11-18(15)3/h5-12H,4H2,1-3H3,(H,17,19). The highest BCUT2D eigenvalue weighted by molar-refractivity contribution is 5.92. The first-order chi connectivity index (χ1) is 9.61. The summed E-state index contributed by atoms with van der Waals surface area (Å²) >= 11 is 0. The zero-order valence-corrected chi connectivity index (χ0v) is 12.1.